The van der Waals surface area contributed by atoms with Crippen LogP contribution in [0.4, 0.5) is 0 Å². The second-order valence-electron chi connectivity index (χ2n) is 4.30. The van der Waals surface area contributed by atoms with Crippen LogP contribution < -0.4 is 0 Å². The maximum Gasteiger partial charge on any atom is 0.253 e. The summed E-state index contributed by atoms with van der Waals surface area (Å²) in [5.74, 6) is 1.72. The number of rotatable bonds is 5. The Balaban J connectivity index is 2.06. The molecule has 0 N–H and O–H groups in total. The predicted octanol–water partition coefficient (Wildman–Crippen LogP) is 2.20. The van der Waals surface area contributed by atoms with E-state index in [1.54, 1.807) is 23.2 Å². The van der Waals surface area contributed by atoms with E-state index in [9.17, 15) is 4.79 Å². The molecule has 0 aromatic carbocycles. The van der Waals surface area contributed by atoms with E-state index in [4.69, 9.17) is 0 Å². The predicted molar refractivity (Wildman–Crippen MR) is 70.9 cm³/mol. The molecule has 0 aliphatic rings. The maximum absolute atomic E-state index is 10.8. The van der Waals surface area contributed by atoms with Crippen molar-refractivity contribution >= 4 is 23.3 Å². The van der Waals surface area contributed by atoms with Gasteiger partial charge in [0.05, 0.1) is 0 Å². The number of fused-ring (bicyclic) bond motifs is 1. The van der Waals surface area contributed by atoms with E-state index >= 15 is 0 Å². The summed E-state index contributed by atoms with van der Waals surface area (Å²) in [5, 5.41) is 5.11. The van der Waals surface area contributed by atoms with Gasteiger partial charge in [-0.15, -0.1) is 5.10 Å². The molecule has 0 atom stereocenters. The van der Waals surface area contributed by atoms with Gasteiger partial charge in [-0.1, -0.05) is 11.8 Å². The molecule has 0 unspecified atom stereocenters. The molecule has 0 fully saturated rings. The standard InChI is InChI=1S/C12H16N4OS/c1-8-7-9(2)16-11(13-8)14-12(15-16)18-6-4-5-10(3)17/h7H,4-6H2,1-3H3. The first kappa shape index (κ1) is 13.0. The van der Waals surface area contributed by atoms with Gasteiger partial charge in [-0.2, -0.15) is 4.98 Å². The van der Waals surface area contributed by atoms with Crippen LogP contribution in [0.1, 0.15) is 31.2 Å². The highest BCUT2D eigenvalue weighted by atomic mass is 32.2. The van der Waals surface area contributed by atoms with Crippen molar-refractivity contribution in [2.24, 2.45) is 0 Å². The van der Waals surface area contributed by atoms with Crippen molar-refractivity contribution < 1.29 is 4.79 Å². The topological polar surface area (TPSA) is 60.2 Å². The average Bonchev–Trinajstić information content (AvgIpc) is 2.67. The van der Waals surface area contributed by atoms with E-state index in [1.165, 1.54) is 0 Å². The summed E-state index contributed by atoms with van der Waals surface area (Å²) >= 11 is 1.57. The van der Waals surface area contributed by atoms with Crippen LogP contribution in [0.5, 0.6) is 0 Å². The summed E-state index contributed by atoms with van der Waals surface area (Å²) in [6, 6.07) is 1.98. The molecule has 5 nitrogen and oxygen atoms in total. The lowest BCUT2D eigenvalue weighted by atomic mass is 10.3. The summed E-state index contributed by atoms with van der Waals surface area (Å²) in [5.41, 5.74) is 1.97. The first-order valence-electron chi connectivity index (χ1n) is 5.89. The molecule has 0 aliphatic heterocycles. The third-order valence-corrected chi connectivity index (χ3v) is 3.43. The van der Waals surface area contributed by atoms with Gasteiger partial charge in [-0.25, -0.2) is 9.50 Å². The number of Topliss-reactive ketones (excluding diaryl/α,β-unsaturated/α-hetero) is 1. The number of thioether (sulfide) groups is 1. The molecule has 18 heavy (non-hydrogen) atoms. The van der Waals surface area contributed by atoms with Gasteiger partial charge in [-0.3, -0.25) is 0 Å². The molecule has 0 saturated carbocycles. The number of hydrogen-bond donors (Lipinski definition) is 0. The Hall–Kier alpha value is -1.43. The lowest BCUT2D eigenvalue weighted by molar-refractivity contribution is -0.117. The van der Waals surface area contributed by atoms with Crippen molar-refractivity contribution in [3.05, 3.63) is 17.5 Å². The first-order valence-corrected chi connectivity index (χ1v) is 6.88. The third-order valence-electron chi connectivity index (χ3n) is 2.50. The van der Waals surface area contributed by atoms with E-state index in [0.717, 1.165) is 28.7 Å². The average molecular weight is 264 g/mol. The van der Waals surface area contributed by atoms with Crippen LogP contribution in [-0.2, 0) is 4.79 Å². The lowest BCUT2D eigenvalue weighted by Crippen LogP contribution is -1.97. The molecular weight excluding hydrogens is 248 g/mol. The van der Waals surface area contributed by atoms with Crippen LogP contribution in [0.2, 0.25) is 0 Å². The lowest BCUT2D eigenvalue weighted by Gasteiger charge is -1.97. The summed E-state index contributed by atoms with van der Waals surface area (Å²) in [6.07, 6.45) is 1.48. The molecule has 0 radical (unpaired) electrons. The van der Waals surface area contributed by atoms with Gasteiger partial charge in [0, 0.05) is 23.6 Å². The van der Waals surface area contributed by atoms with Gasteiger partial charge in [0.2, 0.25) is 5.16 Å². The molecular formula is C12H16N4OS. The molecule has 2 heterocycles. The number of aryl methyl sites for hydroxylation is 2. The Labute approximate surface area is 110 Å². The molecule has 0 aliphatic carbocycles. The van der Waals surface area contributed by atoms with Gasteiger partial charge in [0.25, 0.3) is 5.78 Å². The number of hydrogen-bond acceptors (Lipinski definition) is 5. The zero-order chi connectivity index (χ0) is 13.1. The summed E-state index contributed by atoms with van der Waals surface area (Å²) < 4.78 is 1.75. The van der Waals surface area contributed by atoms with Gasteiger partial charge in [0.15, 0.2) is 0 Å². The van der Waals surface area contributed by atoms with E-state index in [1.807, 2.05) is 19.9 Å². The SMILES string of the molecule is CC(=O)CCCSc1nc2nc(C)cc(C)n2n1. The third kappa shape index (κ3) is 3.07. The molecule has 0 saturated heterocycles. The number of aromatic nitrogens is 4. The minimum atomic E-state index is 0.228. The van der Waals surface area contributed by atoms with Gasteiger partial charge >= 0.3 is 0 Å². The van der Waals surface area contributed by atoms with Crippen LogP contribution >= 0.6 is 11.8 Å². The molecule has 0 spiro atoms. The van der Waals surface area contributed by atoms with Crippen molar-refractivity contribution in [2.75, 3.05) is 5.75 Å². The quantitative estimate of drug-likeness (QED) is 0.612. The van der Waals surface area contributed by atoms with Crippen molar-refractivity contribution in [3.8, 4) is 0 Å². The molecule has 0 amide bonds. The van der Waals surface area contributed by atoms with Gasteiger partial charge in [-0.05, 0) is 33.3 Å². The number of carbonyl (C=O) groups is 1. The molecule has 2 aromatic rings. The zero-order valence-corrected chi connectivity index (χ0v) is 11.6. The van der Waals surface area contributed by atoms with Gasteiger partial charge < -0.3 is 4.79 Å². The molecule has 2 aromatic heterocycles. The van der Waals surface area contributed by atoms with Crippen LogP contribution in [0.3, 0.4) is 0 Å². The van der Waals surface area contributed by atoms with Crippen molar-refractivity contribution in [2.45, 2.75) is 38.8 Å². The Bertz CT molecular complexity index is 579. The summed E-state index contributed by atoms with van der Waals surface area (Å²) in [7, 11) is 0. The monoisotopic (exact) mass is 264 g/mol. The Morgan fingerprint density at radius 2 is 2.17 bits per heavy atom. The fourth-order valence-electron chi connectivity index (χ4n) is 1.69. The molecule has 96 valence electrons. The fourth-order valence-corrected chi connectivity index (χ4v) is 2.45. The summed E-state index contributed by atoms with van der Waals surface area (Å²) in [6.45, 7) is 5.55. The normalized spacial score (nSPS) is 11.1. The highest BCUT2D eigenvalue weighted by molar-refractivity contribution is 7.99. The molecule has 2 rings (SSSR count). The largest absolute Gasteiger partial charge is 0.300 e. The minimum Gasteiger partial charge on any atom is -0.300 e. The second kappa shape index (κ2) is 5.48. The summed E-state index contributed by atoms with van der Waals surface area (Å²) in [4.78, 5) is 19.5. The highest BCUT2D eigenvalue weighted by Crippen LogP contribution is 2.16. The van der Waals surface area contributed by atoms with Crippen molar-refractivity contribution in [1.82, 2.24) is 19.6 Å². The van der Waals surface area contributed by atoms with Crippen molar-refractivity contribution in [3.63, 3.8) is 0 Å². The number of ketones is 1. The zero-order valence-electron chi connectivity index (χ0n) is 10.8. The minimum absolute atomic E-state index is 0.228. The number of nitrogens with zero attached hydrogens (tertiary/aromatic N) is 4. The van der Waals surface area contributed by atoms with Crippen LogP contribution in [-0.4, -0.2) is 31.1 Å². The second-order valence-corrected chi connectivity index (χ2v) is 5.36. The van der Waals surface area contributed by atoms with Crippen LogP contribution in [0.25, 0.3) is 5.78 Å². The maximum atomic E-state index is 10.8. The van der Waals surface area contributed by atoms with Crippen molar-refractivity contribution in [1.29, 1.82) is 0 Å². The Kier molecular flexibility index (Phi) is 3.96. The van der Waals surface area contributed by atoms with E-state index in [2.05, 4.69) is 15.1 Å². The fraction of sp³-hybridized carbons (Fsp3) is 0.500. The highest BCUT2D eigenvalue weighted by Gasteiger charge is 2.07. The Morgan fingerprint density at radius 3 is 2.89 bits per heavy atom. The van der Waals surface area contributed by atoms with Crippen LogP contribution in [0.15, 0.2) is 11.2 Å². The van der Waals surface area contributed by atoms with E-state index in [-0.39, 0.29) is 5.78 Å². The number of carbonyl (C=O) groups excluding carboxylic acids is 1. The first-order chi connectivity index (χ1) is 8.56. The van der Waals surface area contributed by atoms with E-state index < -0.39 is 0 Å². The molecule has 6 heteroatoms. The van der Waals surface area contributed by atoms with Crippen LogP contribution in [0, 0.1) is 13.8 Å². The Morgan fingerprint density at radius 1 is 1.39 bits per heavy atom. The van der Waals surface area contributed by atoms with E-state index in [0.29, 0.717) is 12.2 Å². The smallest absolute Gasteiger partial charge is 0.253 e. The van der Waals surface area contributed by atoms with Gasteiger partial charge in [0.1, 0.15) is 5.78 Å². The molecule has 0 bridgehead atoms.